The minimum absolute atomic E-state index is 0.536. The van der Waals surface area contributed by atoms with Gasteiger partial charge in [0.05, 0.1) is 6.61 Å². The summed E-state index contributed by atoms with van der Waals surface area (Å²) in [5, 5.41) is 7.13. The van der Waals surface area contributed by atoms with E-state index >= 15 is 0 Å². The first-order valence-electron chi connectivity index (χ1n) is 9.08. The van der Waals surface area contributed by atoms with E-state index in [9.17, 15) is 0 Å². The molecule has 1 atom stereocenters. The van der Waals surface area contributed by atoms with Gasteiger partial charge >= 0.3 is 0 Å². The molecule has 0 aromatic heterocycles. The molecule has 0 aromatic rings. The van der Waals surface area contributed by atoms with Crippen molar-refractivity contribution < 1.29 is 4.74 Å². The molecule has 2 fully saturated rings. The van der Waals surface area contributed by atoms with Crippen LogP contribution in [0.4, 0.5) is 0 Å². The minimum Gasteiger partial charge on any atom is -0.383 e. The van der Waals surface area contributed by atoms with Crippen LogP contribution in [-0.2, 0) is 4.74 Å². The lowest BCUT2D eigenvalue weighted by Gasteiger charge is -2.33. The van der Waals surface area contributed by atoms with Crippen LogP contribution in [0.3, 0.4) is 0 Å². The van der Waals surface area contributed by atoms with Crippen molar-refractivity contribution in [3.63, 3.8) is 0 Å². The molecule has 0 radical (unpaired) electrons. The quantitative estimate of drug-likeness (QED) is 0.553. The Hall–Kier alpha value is -0.850. The molecule has 6 heteroatoms. The molecule has 2 rings (SSSR count). The van der Waals surface area contributed by atoms with Gasteiger partial charge in [0.15, 0.2) is 5.96 Å². The van der Waals surface area contributed by atoms with E-state index in [0.717, 1.165) is 44.7 Å². The average molecular weight is 326 g/mol. The van der Waals surface area contributed by atoms with Gasteiger partial charge in [-0.15, -0.1) is 0 Å². The van der Waals surface area contributed by atoms with Gasteiger partial charge in [0.25, 0.3) is 0 Å². The van der Waals surface area contributed by atoms with E-state index < -0.39 is 0 Å². The van der Waals surface area contributed by atoms with Crippen molar-refractivity contribution in [3.8, 4) is 0 Å². The van der Waals surface area contributed by atoms with Crippen LogP contribution in [0, 0.1) is 5.92 Å². The van der Waals surface area contributed by atoms with Crippen LogP contribution < -0.4 is 10.6 Å². The van der Waals surface area contributed by atoms with Gasteiger partial charge in [-0.05, 0) is 45.2 Å². The molecule has 0 amide bonds. The number of nitrogens with one attached hydrogen (secondary N) is 2. The molecule has 2 saturated heterocycles. The fourth-order valence-electron chi connectivity index (χ4n) is 3.59. The minimum atomic E-state index is 0.536. The van der Waals surface area contributed by atoms with E-state index in [2.05, 4.69) is 32.5 Å². The summed E-state index contributed by atoms with van der Waals surface area (Å²) in [4.78, 5) is 9.32. The van der Waals surface area contributed by atoms with Gasteiger partial charge in [-0.2, -0.15) is 0 Å². The number of aliphatic imine (C=N–C) groups is 1. The molecule has 134 valence electrons. The average Bonchev–Trinajstić information content (AvgIpc) is 2.58. The number of hydrogen-bond acceptors (Lipinski definition) is 4. The molecule has 0 aliphatic carbocycles. The Kier molecular flexibility index (Phi) is 8.12. The molecule has 0 aromatic carbocycles. The van der Waals surface area contributed by atoms with Crippen LogP contribution in [0.15, 0.2) is 4.99 Å². The largest absolute Gasteiger partial charge is 0.383 e. The second kappa shape index (κ2) is 10.1. The molecule has 2 N–H and O–H groups in total. The standard InChI is InChI=1S/C17H35N5O/c1-18-17(19-13-15-5-4-8-21(2)14-15)20-16-6-9-22(10-7-16)11-12-23-3/h15-16H,4-14H2,1-3H3,(H2,18,19,20). The Morgan fingerprint density at radius 3 is 2.65 bits per heavy atom. The molecule has 2 aliphatic heterocycles. The van der Waals surface area contributed by atoms with Gasteiger partial charge in [0, 0.05) is 52.9 Å². The van der Waals surface area contributed by atoms with Crippen LogP contribution in [-0.4, -0.2) is 88.9 Å². The second-order valence-electron chi connectivity index (χ2n) is 6.98. The molecule has 0 bridgehead atoms. The van der Waals surface area contributed by atoms with Crippen molar-refractivity contribution in [1.82, 2.24) is 20.4 Å². The summed E-state index contributed by atoms with van der Waals surface area (Å²) in [6.45, 7) is 7.63. The Bertz CT molecular complexity index is 355. The maximum absolute atomic E-state index is 5.16. The highest BCUT2D eigenvalue weighted by molar-refractivity contribution is 5.79. The number of rotatable bonds is 6. The van der Waals surface area contributed by atoms with Crippen molar-refractivity contribution in [2.75, 3.05) is 67.1 Å². The number of guanidine groups is 1. The summed E-state index contributed by atoms with van der Waals surface area (Å²) in [6, 6.07) is 0.536. The highest BCUT2D eigenvalue weighted by atomic mass is 16.5. The maximum Gasteiger partial charge on any atom is 0.191 e. The Morgan fingerprint density at radius 1 is 1.22 bits per heavy atom. The molecular formula is C17H35N5O. The zero-order valence-corrected chi connectivity index (χ0v) is 15.2. The van der Waals surface area contributed by atoms with E-state index in [0.29, 0.717) is 6.04 Å². The fraction of sp³-hybridized carbons (Fsp3) is 0.941. The van der Waals surface area contributed by atoms with Gasteiger partial charge in [-0.3, -0.25) is 4.99 Å². The Morgan fingerprint density at radius 2 is 2.00 bits per heavy atom. The monoisotopic (exact) mass is 325 g/mol. The van der Waals surface area contributed by atoms with Gasteiger partial charge in [-0.25, -0.2) is 0 Å². The molecule has 0 spiro atoms. The zero-order valence-electron chi connectivity index (χ0n) is 15.2. The Labute approximate surface area is 141 Å². The summed E-state index contributed by atoms with van der Waals surface area (Å²) >= 11 is 0. The second-order valence-corrected chi connectivity index (χ2v) is 6.98. The predicted molar refractivity (Wildman–Crippen MR) is 96.1 cm³/mol. The SMILES string of the molecule is CN=C(NCC1CCCN(C)C1)NC1CCN(CCOC)CC1. The number of piperidine rings is 2. The molecule has 2 heterocycles. The first-order chi connectivity index (χ1) is 11.2. The van der Waals surface area contributed by atoms with E-state index in [1.165, 1.54) is 38.8 Å². The highest BCUT2D eigenvalue weighted by Gasteiger charge is 2.21. The van der Waals surface area contributed by atoms with Crippen LogP contribution in [0.1, 0.15) is 25.7 Å². The van der Waals surface area contributed by atoms with Gasteiger partial charge in [0.2, 0.25) is 0 Å². The number of likely N-dealkylation sites (tertiary alicyclic amines) is 2. The summed E-state index contributed by atoms with van der Waals surface area (Å²) in [7, 11) is 5.86. The molecule has 1 unspecified atom stereocenters. The summed E-state index contributed by atoms with van der Waals surface area (Å²) in [5.74, 6) is 1.71. The van der Waals surface area contributed by atoms with Crippen LogP contribution in [0.5, 0.6) is 0 Å². The number of nitrogens with zero attached hydrogens (tertiary/aromatic N) is 3. The number of methoxy groups -OCH3 is 1. The van der Waals surface area contributed by atoms with Gasteiger partial charge in [-0.1, -0.05) is 0 Å². The zero-order chi connectivity index (χ0) is 16.5. The van der Waals surface area contributed by atoms with E-state index in [4.69, 9.17) is 4.74 Å². The lowest BCUT2D eigenvalue weighted by molar-refractivity contribution is 0.128. The summed E-state index contributed by atoms with van der Waals surface area (Å²) in [6.07, 6.45) is 4.99. The molecular weight excluding hydrogens is 290 g/mol. The topological polar surface area (TPSA) is 52.1 Å². The van der Waals surface area contributed by atoms with Crippen LogP contribution in [0.2, 0.25) is 0 Å². The summed E-state index contributed by atoms with van der Waals surface area (Å²) in [5.41, 5.74) is 0. The first kappa shape index (κ1) is 18.5. The van der Waals surface area contributed by atoms with E-state index in [1.54, 1.807) is 7.11 Å². The van der Waals surface area contributed by atoms with E-state index in [1.807, 2.05) is 7.05 Å². The van der Waals surface area contributed by atoms with Crippen molar-refractivity contribution in [2.24, 2.45) is 10.9 Å². The van der Waals surface area contributed by atoms with Crippen LogP contribution >= 0.6 is 0 Å². The van der Waals surface area contributed by atoms with Gasteiger partial charge < -0.3 is 25.2 Å². The Balaban J connectivity index is 1.65. The first-order valence-corrected chi connectivity index (χ1v) is 9.08. The third-order valence-corrected chi connectivity index (χ3v) is 5.04. The third kappa shape index (κ3) is 6.65. The van der Waals surface area contributed by atoms with Crippen molar-refractivity contribution in [1.29, 1.82) is 0 Å². The number of ether oxygens (including phenoxy) is 1. The van der Waals surface area contributed by atoms with Crippen molar-refractivity contribution in [3.05, 3.63) is 0 Å². The molecule has 0 saturated carbocycles. The molecule has 2 aliphatic rings. The van der Waals surface area contributed by atoms with Crippen molar-refractivity contribution in [2.45, 2.75) is 31.7 Å². The highest BCUT2D eigenvalue weighted by Crippen LogP contribution is 2.14. The third-order valence-electron chi connectivity index (χ3n) is 5.04. The molecule has 23 heavy (non-hydrogen) atoms. The summed E-state index contributed by atoms with van der Waals surface area (Å²) < 4.78 is 5.16. The van der Waals surface area contributed by atoms with Crippen LogP contribution in [0.25, 0.3) is 0 Å². The maximum atomic E-state index is 5.16. The van der Waals surface area contributed by atoms with E-state index in [-0.39, 0.29) is 0 Å². The van der Waals surface area contributed by atoms with Gasteiger partial charge in [0.1, 0.15) is 0 Å². The smallest absolute Gasteiger partial charge is 0.191 e. The fourth-order valence-corrected chi connectivity index (χ4v) is 3.59. The normalized spacial score (nSPS) is 25.5. The molecule has 6 nitrogen and oxygen atoms in total. The predicted octanol–water partition coefficient (Wildman–Crippen LogP) is 0.604. The lowest BCUT2D eigenvalue weighted by Crippen LogP contribution is -2.50. The number of hydrogen-bond donors (Lipinski definition) is 2. The van der Waals surface area contributed by atoms with Crippen molar-refractivity contribution >= 4 is 5.96 Å². The lowest BCUT2D eigenvalue weighted by atomic mass is 9.98.